The van der Waals surface area contributed by atoms with Crippen LogP contribution in [0.2, 0.25) is 0 Å². The van der Waals surface area contributed by atoms with E-state index in [-0.39, 0.29) is 0 Å². The highest BCUT2D eigenvalue weighted by Gasteiger charge is 2.12. The molecule has 3 heteroatoms. The van der Waals surface area contributed by atoms with E-state index in [2.05, 4.69) is 22.4 Å². The first-order valence-electron chi connectivity index (χ1n) is 5.69. The van der Waals surface area contributed by atoms with Crippen molar-refractivity contribution in [3.8, 4) is 0 Å². The minimum Gasteiger partial charge on any atom is -0.316 e. The summed E-state index contributed by atoms with van der Waals surface area (Å²) in [6.07, 6.45) is 7.82. The second-order valence-electron chi connectivity index (χ2n) is 4.03. The van der Waals surface area contributed by atoms with Crippen LogP contribution in [0.15, 0.2) is 29.4 Å². The van der Waals surface area contributed by atoms with Gasteiger partial charge in [-0.1, -0.05) is 0 Å². The highest BCUT2D eigenvalue weighted by Crippen LogP contribution is 2.22. The number of hydrogen-bond acceptors (Lipinski definition) is 3. The Bertz CT molecular complexity index is 270. The molecular formula is C12H18N2S. The zero-order valence-electron chi connectivity index (χ0n) is 8.98. The first-order chi connectivity index (χ1) is 7.45. The zero-order chi connectivity index (χ0) is 10.3. The number of piperidine rings is 1. The van der Waals surface area contributed by atoms with Gasteiger partial charge in [0.2, 0.25) is 0 Å². The summed E-state index contributed by atoms with van der Waals surface area (Å²) in [5, 5.41) is 3.46. The lowest BCUT2D eigenvalue weighted by molar-refractivity contribution is 0.371. The van der Waals surface area contributed by atoms with Crippen LogP contribution >= 0.6 is 11.8 Å². The van der Waals surface area contributed by atoms with Crippen molar-refractivity contribution in [2.24, 2.45) is 5.92 Å². The van der Waals surface area contributed by atoms with E-state index in [1.807, 2.05) is 24.2 Å². The predicted octanol–water partition coefficient (Wildman–Crippen LogP) is 2.56. The van der Waals surface area contributed by atoms with Crippen molar-refractivity contribution in [1.82, 2.24) is 10.3 Å². The fraction of sp³-hybridized carbons (Fsp3) is 0.583. The van der Waals surface area contributed by atoms with Crippen molar-refractivity contribution in [3.05, 3.63) is 24.5 Å². The molecule has 1 aliphatic heterocycles. The second-order valence-corrected chi connectivity index (χ2v) is 5.20. The van der Waals surface area contributed by atoms with Crippen LogP contribution in [-0.2, 0) is 0 Å². The molecule has 0 bridgehead atoms. The molecule has 2 heterocycles. The maximum absolute atomic E-state index is 4.02. The van der Waals surface area contributed by atoms with Crippen molar-refractivity contribution >= 4 is 11.8 Å². The molecule has 0 amide bonds. The van der Waals surface area contributed by atoms with E-state index in [4.69, 9.17) is 0 Å². The van der Waals surface area contributed by atoms with Gasteiger partial charge in [0, 0.05) is 17.3 Å². The van der Waals surface area contributed by atoms with Gasteiger partial charge in [-0.3, -0.25) is 4.98 Å². The van der Waals surface area contributed by atoms with E-state index < -0.39 is 0 Å². The van der Waals surface area contributed by atoms with Gasteiger partial charge in [-0.05, 0) is 56.2 Å². The number of rotatable bonds is 4. The minimum atomic E-state index is 0.896. The molecule has 1 fully saturated rings. The van der Waals surface area contributed by atoms with Crippen molar-refractivity contribution in [2.75, 3.05) is 18.8 Å². The maximum Gasteiger partial charge on any atom is 0.0278 e. The molecule has 0 spiro atoms. The molecule has 1 unspecified atom stereocenters. The second kappa shape index (κ2) is 6.13. The Balaban J connectivity index is 1.66. The van der Waals surface area contributed by atoms with E-state index >= 15 is 0 Å². The third-order valence-corrected chi connectivity index (χ3v) is 3.89. The Kier molecular flexibility index (Phi) is 4.48. The number of hydrogen-bond donors (Lipinski definition) is 1. The largest absolute Gasteiger partial charge is 0.316 e. The summed E-state index contributed by atoms with van der Waals surface area (Å²) < 4.78 is 0. The minimum absolute atomic E-state index is 0.896. The molecule has 1 atom stereocenters. The smallest absolute Gasteiger partial charge is 0.0278 e. The Hall–Kier alpha value is -0.540. The molecule has 82 valence electrons. The maximum atomic E-state index is 4.02. The van der Waals surface area contributed by atoms with Gasteiger partial charge in [-0.25, -0.2) is 0 Å². The number of nitrogens with one attached hydrogen (secondary N) is 1. The topological polar surface area (TPSA) is 24.9 Å². The molecule has 0 saturated carbocycles. The summed E-state index contributed by atoms with van der Waals surface area (Å²) in [5.41, 5.74) is 0. The number of aromatic nitrogens is 1. The van der Waals surface area contributed by atoms with E-state index in [1.165, 1.54) is 43.0 Å². The van der Waals surface area contributed by atoms with Crippen LogP contribution in [-0.4, -0.2) is 23.8 Å². The van der Waals surface area contributed by atoms with Crippen molar-refractivity contribution in [2.45, 2.75) is 24.2 Å². The van der Waals surface area contributed by atoms with Crippen molar-refractivity contribution in [3.63, 3.8) is 0 Å². The van der Waals surface area contributed by atoms with Gasteiger partial charge in [0.05, 0.1) is 0 Å². The van der Waals surface area contributed by atoms with Gasteiger partial charge in [-0.15, -0.1) is 11.8 Å². The molecule has 2 rings (SSSR count). The average molecular weight is 222 g/mol. The fourth-order valence-electron chi connectivity index (χ4n) is 1.95. The normalized spacial score (nSPS) is 21.5. The third kappa shape index (κ3) is 3.84. The van der Waals surface area contributed by atoms with E-state index in [9.17, 15) is 0 Å². The van der Waals surface area contributed by atoms with Gasteiger partial charge in [0.15, 0.2) is 0 Å². The Morgan fingerprint density at radius 1 is 1.40 bits per heavy atom. The summed E-state index contributed by atoms with van der Waals surface area (Å²) in [6.45, 7) is 2.44. The Morgan fingerprint density at radius 2 is 2.27 bits per heavy atom. The lowest BCUT2D eigenvalue weighted by Gasteiger charge is -2.22. The van der Waals surface area contributed by atoms with E-state index in [0.717, 1.165) is 5.92 Å². The first kappa shape index (κ1) is 11.0. The third-order valence-electron chi connectivity index (χ3n) is 2.84. The van der Waals surface area contributed by atoms with Crippen LogP contribution in [0.5, 0.6) is 0 Å². The number of pyridine rings is 1. The molecule has 0 aromatic carbocycles. The first-order valence-corrected chi connectivity index (χ1v) is 6.67. The molecule has 1 aromatic heterocycles. The highest BCUT2D eigenvalue weighted by atomic mass is 32.2. The van der Waals surface area contributed by atoms with Crippen molar-refractivity contribution < 1.29 is 0 Å². The van der Waals surface area contributed by atoms with E-state index in [1.54, 1.807) is 0 Å². The number of thioether (sulfide) groups is 1. The van der Waals surface area contributed by atoms with Gasteiger partial charge in [0.25, 0.3) is 0 Å². The van der Waals surface area contributed by atoms with Crippen LogP contribution in [0.4, 0.5) is 0 Å². The quantitative estimate of drug-likeness (QED) is 0.793. The van der Waals surface area contributed by atoms with Crippen molar-refractivity contribution in [1.29, 1.82) is 0 Å². The molecule has 0 radical (unpaired) electrons. The average Bonchev–Trinajstić information content (AvgIpc) is 2.32. The Labute approximate surface area is 95.9 Å². The van der Waals surface area contributed by atoms with Gasteiger partial charge >= 0.3 is 0 Å². The van der Waals surface area contributed by atoms with E-state index in [0.29, 0.717) is 0 Å². The lowest BCUT2D eigenvalue weighted by atomic mass is 9.97. The van der Waals surface area contributed by atoms with Crippen LogP contribution < -0.4 is 5.32 Å². The van der Waals surface area contributed by atoms with Crippen LogP contribution in [0, 0.1) is 5.92 Å². The molecule has 2 nitrogen and oxygen atoms in total. The number of nitrogens with zero attached hydrogens (tertiary/aromatic N) is 1. The van der Waals surface area contributed by atoms with Gasteiger partial charge < -0.3 is 5.32 Å². The summed E-state index contributed by atoms with van der Waals surface area (Å²) >= 11 is 1.95. The van der Waals surface area contributed by atoms with Gasteiger partial charge in [-0.2, -0.15) is 0 Å². The zero-order valence-corrected chi connectivity index (χ0v) is 9.80. The summed E-state index contributed by atoms with van der Waals surface area (Å²) in [5.74, 6) is 2.13. The fourth-order valence-corrected chi connectivity index (χ4v) is 2.95. The summed E-state index contributed by atoms with van der Waals surface area (Å²) in [4.78, 5) is 5.36. The molecule has 1 N–H and O–H groups in total. The lowest BCUT2D eigenvalue weighted by Crippen LogP contribution is -2.29. The molecule has 1 aromatic rings. The molecule has 1 saturated heterocycles. The van der Waals surface area contributed by atoms with Crippen LogP contribution in [0.3, 0.4) is 0 Å². The predicted molar refractivity (Wildman–Crippen MR) is 65.2 cm³/mol. The van der Waals surface area contributed by atoms with Crippen LogP contribution in [0.1, 0.15) is 19.3 Å². The standard InChI is InChI=1S/C12H18N2S/c1-2-11(10-14-6-1)5-9-15-12-3-7-13-8-4-12/h3-4,7-8,11,14H,1-2,5-6,9-10H2. The summed E-state index contributed by atoms with van der Waals surface area (Å²) in [7, 11) is 0. The Morgan fingerprint density at radius 3 is 3.00 bits per heavy atom. The molecular weight excluding hydrogens is 204 g/mol. The molecule has 15 heavy (non-hydrogen) atoms. The highest BCUT2D eigenvalue weighted by molar-refractivity contribution is 7.99. The monoisotopic (exact) mass is 222 g/mol. The summed E-state index contributed by atoms with van der Waals surface area (Å²) in [6, 6.07) is 4.17. The molecule has 0 aliphatic carbocycles. The molecule has 1 aliphatic rings. The van der Waals surface area contributed by atoms with Crippen LogP contribution in [0.25, 0.3) is 0 Å². The SMILES string of the molecule is c1cc(SCCC2CCCNC2)ccn1. The van der Waals surface area contributed by atoms with Gasteiger partial charge in [0.1, 0.15) is 0 Å².